The molecule has 0 aliphatic carbocycles. The Morgan fingerprint density at radius 2 is 2.17 bits per heavy atom. The summed E-state index contributed by atoms with van der Waals surface area (Å²) in [4.78, 5) is 13.8. The second kappa shape index (κ2) is 7.16. The smallest absolute Gasteiger partial charge is 0.239 e. The summed E-state index contributed by atoms with van der Waals surface area (Å²) < 4.78 is 1.79. The van der Waals surface area contributed by atoms with E-state index in [2.05, 4.69) is 10.4 Å². The molecule has 1 unspecified atom stereocenters. The van der Waals surface area contributed by atoms with Crippen molar-refractivity contribution in [3.8, 4) is 0 Å². The number of carbonyl (C=O) groups excluding carboxylic acids is 1. The van der Waals surface area contributed by atoms with Crippen LogP contribution in [0.4, 0.5) is 0 Å². The van der Waals surface area contributed by atoms with Crippen LogP contribution in [-0.2, 0) is 18.3 Å². The van der Waals surface area contributed by atoms with Crippen molar-refractivity contribution in [2.45, 2.75) is 33.2 Å². The minimum Gasteiger partial charge on any atom is -0.342 e. The molecule has 1 rings (SSSR count). The van der Waals surface area contributed by atoms with Gasteiger partial charge in [0, 0.05) is 32.9 Å². The van der Waals surface area contributed by atoms with Gasteiger partial charge < -0.3 is 10.2 Å². The molecule has 18 heavy (non-hydrogen) atoms. The Hall–Kier alpha value is -1.36. The molecule has 5 heteroatoms. The van der Waals surface area contributed by atoms with Gasteiger partial charge in [-0.2, -0.15) is 5.10 Å². The molecule has 1 N–H and O–H groups in total. The van der Waals surface area contributed by atoms with Crippen LogP contribution in [0.25, 0.3) is 0 Å². The van der Waals surface area contributed by atoms with Gasteiger partial charge in [0.05, 0.1) is 12.2 Å². The summed E-state index contributed by atoms with van der Waals surface area (Å²) in [5.74, 6) is 0.172. The molecule has 0 saturated heterocycles. The molecule has 1 amide bonds. The first kappa shape index (κ1) is 14.7. The van der Waals surface area contributed by atoms with Crippen LogP contribution in [0.2, 0.25) is 0 Å². The molecular weight excluding hydrogens is 228 g/mol. The maximum absolute atomic E-state index is 12.0. The predicted octanol–water partition coefficient (Wildman–Crippen LogP) is 0.809. The van der Waals surface area contributed by atoms with Gasteiger partial charge in [-0.15, -0.1) is 0 Å². The minimum atomic E-state index is -0.124. The Balaban J connectivity index is 2.32. The van der Waals surface area contributed by atoms with Crippen molar-refractivity contribution in [2.75, 3.05) is 19.6 Å². The summed E-state index contributed by atoms with van der Waals surface area (Å²) in [6, 6.07) is -0.124. The molecule has 0 aliphatic heterocycles. The molecule has 1 aromatic heterocycles. The van der Waals surface area contributed by atoms with E-state index >= 15 is 0 Å². The minimum absolute atomic E-state index is 0.124. The first-order valence-electron chi connectivity index (χ1n) is 6.58. The summed E-state index contributed by atoms with van der Waals surface area (Å²) in [6.45, 7) is 8.26. The van der Waals surface area contributed by atoms with Gasteiger partial charge in [-0.1, -0.05) is 0 Å². The van der Waals surface area contributed by atoms with Crippen molar-refractivity contribution in [3.63, 3.8) is 0 Å². The third-order valence-corrected chi connectivity index (χ3v) is 3.07. The zero-order valence-corrected chi connectivity index (χ0v) is 11.8. The van der Waals surface area contributed by atoms with Gasteiger partial charge >= 0.3 is 0 Å². The predicted molar refractivity (Wildman–Crippen MR) is 72.3 cm³/mol. The van der Waals surface area contributed by atoms with Crippen LogP contribution in [0.3, 0.4) is 0 Å². The number of nitrogens with one attached hydrogen (secondary N) is 1. The monoisotopic (exact) mass is 252 g/mol. The first-order chi connectivity index (χ1) is 8.58. The van der Waals surface area contributed by atoms with E-state index < -0.39 is 0 Å². The zero-order chi connectivity index (χ0) is 13.5. The fraction of sp³-hybridized carbons (Fsp3) is 0.692. The molecule has 1 aromatic rings. The number of rotatable bonds is 7. The number of hydrogen-bond acceptors (Lipinski definition) is 3. The Labute approximate surface area is 109 Å². The van der Waals surface area contributed by atoms with E-state index in [1.165, 1.54) is 5.56 Å². The van der Waals surface area contributed by atoms with Crippen LogP contribution >= 0.6 is 0 Å². The molecule has 1 atom stereocenters. The average molecular weight is 252 g/mol. The molecule has 0 aromatic carbocycles. The van der Waals surface area contributed by atoms with Crippen LogP contribution in [0.15, 0.2) is 12.4 Å². The lowest BCUT2D eigenvalue weighted by molar-refractivity contribution is -0.132. The lowest BCUT2D eigenvalue weighted by Crippen LogP contribution is -2.45. The number of aromatic nitrogens is 2. The normalized spacial score (nSPS) is 12.4. The van der Waals surface area contributed by atoms with Crippen molar-refractivity contribution >= 4 is 5.91 Å². The number of hydrogen-bond donors (Lipinski definition) is 1. The highest BCUT2D eigenvalue weighted by Gasteiger charge is 2.16. The van der Waals surface area contributed by atoms with Crippen LogP contribution in [0, 0.1) is 0 Å². The highest BCUT2D eigenvalue weighted by molar-refractivity contribution is 5.81. The quantitative estimate of drug-likeness (QED) is 0.781. The van der Waals surface area contributed by atoms with E-state index in [1.807, 2.05) is 45.1 Å². The van der Waals surface area contributed by atoms with E-state index in [4.69, 9.17) is 0 Å². The molecular formula is C13H24N4O. The SMILES string of the molecule is CCN(CC)C(=O)C(C)NCCc1cnn(C)c1. The van der Waals surface area contributed by atoms with Gasteiger partial charge in [-0.25, -0.2) is 0 Å². The van der Waals surface area contributed by atoms with E-state index in [0.717, 1.165) is 26.1 Å². The number of carbonyl (C=O) groups is 1. The Morgan fingerprint density at radius 3 is 2.67 bits per heavy atom. The standard InChI is InChI=1S/C13H24N4O/c1-5-17(6-2)13(18)11(3)14-8-7-12-9-15-16(4)10-12/h9-11,14H,5-8H2,1-4H3. The fourth-order valence-electron chi connectivity index (χ4n) is 1.93. The van der Waals surface area contributed by atoms with Crippen LogP contribution in [0.1, 0.15) is 26.3 Å². The molecule has 5 nitrogen and oxygen atoms in total. The van der Waals surface area contributed by atoms with Gasteiger partial charge in [0.2, 0.25) is 5.91 Å². The average Bonchev–Trinajstić information content (AvgIpc) is 2.76. The largest absolute Gasteiger partial charge is 0.342 e. The third-order valence-electron chi connectivity index (χ3n) is 3.07. The van der Waals surface area contributed by atoms with Crippen molar-refractivity contribution < 1.29 is 4.79 Å². The van der Waals surface area contributed by atoms with Crippen LogP contribution in [0.5, 0.6) is 0 Å². The highest BCUT2D eigenvalue weighted by atomic mass is 16.2. The summed E-state index contributed by atoms with van der Waals surface area (Å²) >= 11 is 0. The lowest BCUT2D eigenvalue weighted by atomic mass is 10.2. The maximum Gasteiger partial charge on any atom is 0.239 e. The van der Waals surface area contributed by atoms with E-state index in [1.54, 1.807) is 4.68 Å². The highest BCUT2D eigenvalue weighted by Crippen LogP contribution is 1.98. The molecule has 0 aliphatic rings. The Morgan fingerprint density at radius 1 is 1.50 bits per heavy atom. The van der Waals surface area contributed by atoms with Crippen LogP contribution in [-0.4, -0.2) is 46.3 Å². The molecule has 0 bridgehead atoms. The topological polar surface area (TPSA) is 50.2 Å². The van der Waals surface area contributed by atoms with Crippen molar-refractivity contribution in [2.24, 2.45) is 7.05 Å². The summed E-state index contributed by atoms with van der Waals surface area (Å²) in [7, 11) is 1.91. The molecule has 0 saturated carbocycles. The Kier molecular flexibility index (Phi) is 5.85. The third kappa shape index (κ3) is 4.14. The number of likely N-dealkylation sites (N-methyl/N-ethyl adjacent to an activating group) is 1. The maximum atomic E-state index is 12.0. The molecule has 0 radical (unpaired) electrons. The zero-order valence-electron chi connectivity index (χ0n) is 11.8. The molecule has 0 spiro atoms. The van der Waals surface area contributed by atoms with E-state index in [-0.39, 0.29) is 11.9 Å². The van der Waals surface area contributed by atoms with Gasteiger partial charge in [0.25, 0.3) is 0 Å². The van der Waals surface area contributed by atoms with Crippen molar-refractivity contribution in [1.29, 1.82) is 0 Å². The Bertz CT molecular complexity index is 371. The number of aryl methyl sites for hydroxylation is 1. The number of amides is 1. The van der Waals surface area contributed by atoms with Crippen molar-refractivity contribution in [1.82, 2.24) is 20.0 Å². The second-order valence-electron chi connectivity index (χ2n) is 4.46. The second-order valence-corrected chi connectivity index (χ2v) is 4.46. The summed E-state index contributed by atoms with van der Waals surface area (Å²) in [6.07, 6.45) is 4.75. The van der Waals surface area contributed by atoms with E-state index in [9.17, 15) is 4.79 Å². The van der Waals surface area contributed by atoms with Gasteiger partial charge in [0.15, 0.2) is 0 Å². The van der Waals surface area contributed by atoms with Gasteiger partial charge in [-0.05, 0) is 32.8 Å². The molecule has 102 valence electrons. The first-order valence-corrected chi connectivity index (χ1v) is 6.58. The lowest BCUT2D eigenvalue weighted by Gasteiger charge is -2.23. The number of nitrogens with zero attached hydrogens (tertiary/aromatic N) is 3. The van der Waals surface area contributed by atoms with Crippen molar-refractivity contribution in [3.05, 3.63) is 18.0 Å². The van der Waals surface area contributed by atoms with Gasteiger partial charge in [0.1, 0.15) is 0 Å². The molecule has 1 heterocycles. The summed E-state index contributed by atoms with van der Waals surface area (Å²) in [5, 5.41) is 7.38. The molecule has 0 fully saturated rings. The van der Waals surface area contributed by atoms with Gasteiger partial charge in [-0.3, -0.25) is 9.48 Å². The summed E-state index contributed by atoms with van der Waals surface area (Å²) in [5.41, 5.74) is 1.19. The van der Waals surface area contributed by atoms with E-state index in [0.29, 0.717) is 0 Å². The fourth-order valence-corrected chi connectivity index (χ4v) is 1.93. The van der Waals surface area contributed by atoms with Crippen LogP contribution < -0.4 is 5.32 Å².